The number of piperidine rings is 3. The maximum absolute atomic E-state index is 3.90. The fraction of sp³-hybridized carbons (Fsp3) is 1.00. The number of rotatable bonds is 5. The van der Waals surface area contributed by atoms with Gasteiger partial charge in [0.15, 0.2) is 0 Å². The van der Waals surface area contributed by atoms with Crippen molar-refractivity contribution < 1.29 is 0 Å². The van der Waals surface area contributed by atoms with Crippen molar-refractivity contribution >= 4 is 0 Å². The molecule has 2 heteroatoms. The van der Waals surface area contributed by atoms with Gasteiger partial charge in [0.2, 0.25) is 0 Å². The highest BCUT2D eigenvalue weighted by Gasteiger charge is 2.34. The molecule has 3 aliphatic heterocycles. The molecular formula is C13H26N2. The van der Waals surface area contributed by atoms with Crippen molar-refractivity contribution in [3.8, 4) is 0 Å². The second kappa shape index (κ2) is 5.31. The van der Waals surface area contributed by atoms with E-state index < -0.39 is 0 Å². The first-order valence-electron chi connectivity index (χ1n) is 6.81. The van der Waals surface area contributed by atoms with Gasteiger partial charge in [-0.05, 0) is 44.7 Å². The van der Waals surface area contributed by atoms with Crippen LogP contribution in [0.25, 0.3) is 0 Å². The molecule has 88 valence electrons. The Morgan fingerprint density at radius 2 is 2.00 bits per heavy atom. The van der Waals surface area contributed by atoms with Gasteiger partial charge in [-0.15, -0.1) is 0 Å². The zero-order valence-electron chi connectivity index (χ0n) is 10.3. The second-order valence-electron chi connectivity index (χ2n) is 5.31. The summed E-state index contributed by atoms with van der Waals surface area (Å²) in [5, 5.41) is 3.90. The summed E-state index contributed by atoms with van der Waals surface area (Å²) >= 11 is 0. The SMILES string of the molecule is CCCC(CC)N[C@H]1CN2CCC1CC2. The topological polar surface area (TPSA) is 15.3 Å². The summed E-state index contributed by atoms with van der Waals surface area (Å²) in [6.45, 7) is 8.63. The van der Waals surface area contributed by atoms with E-state index in [1.807, 2.05) is 0 Å². The van der Waals surface area contributed by atoms with Crippen LogP contribution in [0.4, 0.5) is 0 Å². The fourth-order valence-electron chi connectivity index (χ4n) is 3.21. The summed E-state index contributed by atoms with van der Waals surface area (Å²) in [7, 11) is 0. The van der Waals surface area contributed by atoms with Gasteiger partial charge in [-0.3, -0.25) is 0 Å². The Bertz CT molecular complexity index is 185. The smallest absolute Gasteiger partial charge is 0.0226 e. The van der Waals surface area contributed by atoms with Gasteiger partial charge in [-0.1, -0.05) is 20.3 Å². The van der Waals surface area contributed by atoms with Crippen LogP contribution in [0.5, 0.6) is 0 Å². The van der Waals surface area contributed by atoms with E-state index in [4.69, 9.17) is 0 Å². The highest BCUT2D eigenvalue weighted by Crippen LogP contribution is 2.28. The number of nitrogens with zero attached hydrogens (tertiary/aromatic N) is 1. The molecule has 2 atom stereocenters. The Kier molecular flexibility index (Phi) is 4.04. The van der Waals surface area contributed by atoms with Crippen LogP contribution in [0.3, 0.4) is 0 Å². The third kappa shape index (κ3) is 2.73. The van der Waals surface area contributed by atoms with E-state index in [0.717, 1.165) is 18.0 Å². The Labute approximate surface area is 94.4 Å². The predicted octanol–water partition coefficient (Wildman–Crippen LogP) is 2.25. The minimum atomic E-state index is 0.764. The average Bonchev–Trinajstić information content (AvgIpc) is 2.30. The van der Waals surface area contributed by atoms with E-state index in [-0.39, 0.29) is 0 Å². The summed E-state index contributed by atoms with van der Waals surface area (Å²) in [4.78, 5) is 2.64. The van der Waals surface area contributed by atoms with Crippen LogP contribution in [0.15, 0.2) is 0 Å². The highest BCUT2D eigenvalue weighted by molar-refractivity contribution is 4.92. The molecule has 0 aromatic heterocycles. The van der Waals surface area contributed by atoms with Crippen molar-refractivity contribution in [1.82, 2.24) is 10.2 Å². The number of nitrogens with one attached hydrogen (secondary N) is 1. The highest BCUT2D eigenvalue weighted by atomic mass is 15.2. The molecular weight excluding hydrogens is 184 g/mol. The molecule has 0 saturated carbocycles. The summed E-state index contributed by atoms with van der Waals surface area (Å²) < 4.78 is 0. The van der Waals surface area contributed by atoms with Crippen molar-refractivity contribution in [2.45, 2.75) is 58.0 Å². The Morgan fingerprint density at radius 1 is 1.27 bits per heavy atom. The summed E-state index contributed by atoms with van der Waals surface area (Å²) in [6.07, 6.45) is 6.81. The largest absolute Gasteiger partial charge is 0.310 e. The van der Waals surface area contributed by atoms with Crippen LogP contribution in [0.1, 0.15) is 46.0 Å². The van der Waals surface area contributed by atoms with Gasteiger partial charge in [0, 0.05) is 18.6 Å². The first-order valence-corrected chi connectivity index (χ1v) is 6.81. The third-order valence-corrected chi connectivity index (χ3v) is 4.24. The molecule has 3 aliphatic rings. The lowest BCUT2D eigenvalue weighted by Gasteiger charge is -2.46. The van der Waals surface area contributed by atoms with Crippen molar-refractivity contribution in [2.24, 2.45) is 5.92 Å². The lowest BCUT2D eigenvalue weighted by molar-refractivity contribution is 0.0660. The van der Waals surface area contributed by atoms with Crippen LogP contribution in [0.2, 0.25) is 0 Å². The molecule has 0 amide bonds. The quantitative estimate of drug-likeness (QED) is 0.749. The number of hydrogen-bond donors (Lipinski definition) is 1. The van der Waals surface area contributed by atoms with Gasteiger partial charge < -0.3 is 10.2 Å². The second-order valence-corrected chi connectivity index (χ2v) is 5.31. The molecule has 2 nitrogen and oxygen atoms in total. The Hall–Kier alpha value is -0.0800. The monoisotopic (exact) mass is 210 g/mol. The van der Waals surface area contributed by atoms with Gasteiger partial charge >= 0.3 is 0 Å². The van der Waals surface area contributed by atoms with Crippen molar-refractivity contribution in [3.05, 3.63) is 0 Å². The zero-order valence-corrected chi connectivity index (χ0v) is 10.3. The Balaban J connectivity index is 1.83. The minimum absolute atomic E-state index is 0.764. The molecule has 0 aromatic rings. The van der Waals surface area contributed by atoms with E-state index in [9.17, 15) is 0 Å². The first kappa shape index (κ1) is 11.4. The number of fused-ring (bicyclic) bond motifs is 3. The summed E-state index contributed by atoms with van der Waals surface area (Å²) in [5.74, 6) is 0.973. The van der Waals surface area contributed by atoms with Gasteiger partial charge in [0.05, 0.1) is 0 Å². The average molecular weight is 210 g/mol. The fourth-order valence-corrected chi connectivity index (χ4v) is 3.21. The summed E-state index contributed by atoms with van der Waals surface area (Å²) in [6, 6.07) is 1.56. The van der Waals surface area contributed by atoms with E-state index in [0.29, 0.717) is 0 Å². The van der Waals surface area contributed by atoms with E-state index in [1.165, 1.54) is 51.7 Å². The van der Waals surface area contributed by atoms with Gasteiger partial charge in [-0.2, -0.15) is 0 Å². The third-order valence-electron chi connectivity index (χ3n) is 4.24. The van der Waals surface area contributed by atoms with Crippen LogP contribution in [0, 0.1) is 5.92 Å². The maximum Gasteiger partial charge on any atom is 0.0226 e. The van der Waals surface area contributed by atoms with E-state index in [1.54, 1.807) is 0 Å². The van der Waals surface area contributed by atoms with Crippen molar-refractivity contribution in [2.75, 3.05) is 19.6 Å². The zero-order chi connectivity index (χ0) is 10.7. The summed E-state index contributed by atoms with van der Waals surface area (Å²) in [5.41, 5.74) is 0. The maximum atomic E-state index is 3.90. The van der Waals surface area contributed by atoms with Crippen molar-refractivity contribution in [1.29, 1.82) is 0 Å². The van der Waals surface area contributed by atoms with Crippen LogP contribution >= 0.6 is 0 Å². The van der Waals surface area contributed by atoms with Crippen molar-refractivity contribution in [3.63, 3.8) is 0 Å². The Morgan fingerprint density at radius 3 is 2.47 bits per heavy atom. The van der Waals surface area contributed by atoms with E-state index >= 15 is 0 Å². The molecule has 15 heavy (non-hydrogen) atoms. The molecule has 0 aliphatic carbocycles. The lowest BCUT2D eigenvalue weighted by atomic mass is 9.83. The van der Waals surface area contributed by atoms with Crippen LogP contribution in [-0.4, -0.2) is 36.6 Å². The standard InChI is InChI=1S/C13H26N2/c1-3-5-12(4-2)14-13-10-15-8-6-11(13)7-9-15/h11-14H,3-10H2,1-2H3/t12?,13-/m0/s1. The van der Waals surface area contributed by atoms with Gasteiger partial charge in [0.25, 0.3) is 0 Å². The first-order chi connectivity index (χ1) is 7.33. The molecule has 3 fully saturated rings. The van der Waals surface area contributed by atoms with E-state index in [2.05, 4.69) is 24.1 Å². The minimum Gasteiger partial charge on any atom is -0.310 e. The molecule has 0 spiro atoms. The molecule has 2 bridgehead atoms. The number of hydrogen-bond acceptors (Lipinski definition) is 2. The molecule has 3 rings (SSSR count). The normalized spacial score (nSPS) is 36.8. The van der Waals surface area contributed by atoms with Crippen LogP contribution in [-0.2, 0) is 0 Å². The molecule has 3 heterocycles. The molecule has 3 saturated heterocycles. The molecule has 1 N–H and O–H groups in total. The predicted molar refractivity (Wildman–Crippen MR) is 65.1 cm³/mol. The van der Waals surface area contributed by atoms with Gasteiger partial charge in [-0.25, -0.2) is 0 Å². The van der Waals surface area contributed by atoms with Crippen LogP contribution < -0.4 is 5.32 Å². The van der Waals surface area contributed by atoms with Gasteiger partial charge in [0.1, 0.15) is 0 Å². The molecule has 0 aromatic carbocycles. The molecule has 0 radical (unpaired) electrons. The molecule has 1 unspecified atom stereocenters. The lowest BCUT2D eigenvalue weighted by Crippen LogP contribution is -2.57.